The third kappa shape index (κ3) is 3.00. The van der Waals surface area contributed by atoms with Crippen LogP contribution in [0.5, 0.6) is 0 Å². The Morgan fingerprint density at radius 3 is 2.62 bits per heavy atom. The standard InChI is InChI=1S/C12H16F2N2/c13-10-2-1-9(7-11(10)14)3-6-16-8-12(15)4-5-12/h1-2,7,16H,3-6,8,15H2. The highest BCUT2D eigenvalue weighted by atomic mass is 19.2. The molecule has 3 N–H and O–H groups in total. The summed E-state index contributed by atoms with van der Waals surface area (Å²) in [7, 11) is 0. The van der Waals surface area contributed by atoms with Gasteiger partial charge in [0.1, 0.15) is 0 Å². The fourth-order valence-electron chi connectivity index (χ4n) is 1.60. The van der Waals surface area contributed by atoms with Crippen molar-refractivity contribution in [2.24, 2.45) is 5.73 Å². The molecule has 4 heteroatoms. The van der Waals surface area contributed by atoms with E-state index in [0.29, 0.717) is 6.42 Å². The fraction of sp³-hybridized carbons (Fsp3) is 0.500. The van der Waals surface area contributed by atoms with Crippen molar-refractivity contribution < 1.29 is 8.78 Å². The zero-order chi connectivity index (χ0) is 11.6. The Morgan fingerprint density at radius 2 is 2.00 bits per heavy atom. The van der Waals surface area contributed by atoms with Gasteiger partial charge in [0.05, 0.1) is 0 Å². The van der Waals surface area contributed by atoms with Gasteiger partial charge < -0.3 is 11.1 Å². The molecule has 16 heavy (non-hydrogen) atoms. The number of halogens is 2. The molecule has 0 spiro atoms. The summed E-state index contributed by atoms with van der Waals surface area (Å²) in [6.07, 6.45) is 2.84. The first-order valence-electron chi connectivity index (χ1n) is 5.53. The molecule has 0 heterocycles. The van der Waals surface area contributed by atoms with Crippen molar-refractivity contribution in [3.8, 4) is 0 Å². The second kappa shape index (κ2) is 4.47. The number of hydrogen-bond acceptors (Lipinski definition) is 2. The maximum absolute atomic E-state index is 12.9. The van der Waals surface area contributed by atoms with Crippen LogP contribution in [0.3, 0.4) is 0 Å². The molecule has 88 valence electrons. The van der Waals surface area contributed by atoms with Gasteiger partial charge >= 0.3 is 0 Å². The van der Waals surface area contributed by atoms with E-state index in [4.69, 9.17) is 5.73 Å². The highest BCUT2D eigenvalue weighted by Gasteiger charge is 2.37. The minimum absolute atomic E-state index is 0.00591. The highest BCUT2D eigenvalue weighted by molar-refractivity contribution is 5.18. The second-order valence-electron chi connectivity index (χ2n) is 4.54. The van der Waals surface area contributed by atoms with Crippen molar-refractivity contribution in [3.05, 3.63) is 35.4 Å². The summed E-state index contributed by atoms with van der Waals surface area (Å²) in [6.45, 7) is 1.54. The van der Waals surface area contributed by atoms with Crippen LogP contribution in [-0.2, 0) is 6.42 Å². The lowest BCUT2D eigenvalue weighted by atomic mass is 10.1. The van der Waals surface area contributed by atoms with Crippen molar-refractivity contribution >= 4 is 0 Å². The van der Waals surface area contributed by atoms with Crippen molar-refractivity contribution in [3.63, 3.8) is 0 Å². The van der Waals surface area contributed by atoms with Crippen LogP contribution < -0.4 is 11.1 Å². The van der Waals surface area contributed by atoms with Gasteiger partial charge in [-0.1, -0.05) is 6.07 Å². The molecule has 0 unspecified atom stereocenters. The average Bonchev–Trinajstić information content (AvgIpc) is 2.97. The maximum atomic E-state index is 12.9. The van der Waals surface area contributed by atoms with E-state index in [1.54, 1.807) is 6.07 Å². The Bertz CT molecular complexity index is 375. The molecule has 1 fully saturated rings. The van der Waals surface area contributed by atoms with E-state index in [1.807, 2.05) is 0 Å². The molecule has 0 amide bonds. The summed E-state index contributed by atoms with van der Waals surface area (Å²) >= 11 is 0. The van der Waals surface area contributed by atoms with E-state index in [9.17, 15) is 8.78 Å². The SMILES string of the molecule is NC1(CNCCc2ccc(F)c(F)c2)CC1. The molecule has 0 bridgehead atoms. The molecule has 1 aliphatic rings. The molecule has 2 nitrogen and oxygen atoms in total. The fourth-order valence-corrected chi connectivity index (χ4v) is 1.60. The Balaban J connectivity index is 1.74. The van der Waals surface area contributed by atoms with Crippen molar-refractivity contribution in [1.29, 1.82) is 0 Å². The van der Waals surface area contributed by atoms with Crippen molar-refractivity contribution in [2.45, 2.75) is 24.8 Å². The Labute approximate surface area is 93.8 Å². The molecule has 0 radical (unpaired) electrons. The zero-order valence-corrected chi connectivity index (χ0v) is 9.10. The van der Waals surface area contributed by atoms with Crippen molar-refractivity contribution in [2.75, 3.05) is 13.1 Å². The average molecular weight is 226 g/mol. The minimum atomic E-state index is -0.796. The van der Waals surface area contributed by atoms with Gasteiger partial charge in [-0.05, 0) is 43.5 Å². The Morgan fingerprint density at radius 1 is 1.25 bits per heavy atom. The summed E-state index contributed by atoms with van der Waals surface area (Å²) in [5.74, 6) is -1.58. The van der Waals surface area contributed by atoms with Crippen molar-refractivity contribution in [1.82, 2.24) is 5.32 Å². The zero-order valence-electron chi connectivity index (χ0n) is 9.10. The smallest absolute Gasteiger partial charge is 0.159 e. The number of benzene rings is 1. The number of rotatable bonds is 5. The van der Waals surface area contributed by atoms with Gasteiger partial charge in [0.25, 0.3) is 0 Å². The number of hydrogen-bond donors (Lipinski definition) is 2. The molecule has 2 rings (SSSR count). The first kappa shape index (κ1) is 11.5. The monoisotopic (exact) mass is 226 g/mol. The van der Waals surface area contributed by atoms with Crippen LogP contribution in [-0.4, -0.2) is 18.6 Å². The van der Waals surface area contributed by atoms with Gasteiger partial charge in [-0.15, -0.1) is 0 Å². The lowest BCUT2D eigenvalue weighted by molar-refractivity contribution is 0.506. The summed E-state index contributed by atoms with van der Waals surface area (Å²) in [5, 5.41) is 3.23. The lowest BCUT2D eigenvalue weighted by Gasteiger charge is -2.10. The van der Waals surface area contributed by atoms with Gasteiger partial charge in [-0.2, -0.15) is 0 Å². The molecule has 1 aromatic rings. The summed E-state index contributed by atoms with van der Waals surface area (Å²) < 4.78 is 25.5. The van der Waals surface area contributed by atoms with E-state index in [1.165, 1.54) is 6.07 Å². The van der Waals surface area contributed by atoms with Gasteiger partial charge in [0, 0.05) is 12.1 Å². The summed E-state index contributed by atoms with van der Waals surface area (Å²) in [5.41, 5.74) is 6.69. The largest absolute Gasteiger partial charge is 0.324 e. The van der Waals surface area contributed by atoms with E-state index in [-0.39, 0.29) is 5.54 Å². The normalized spacial score (nSPS) is 17.4. The quantitative estimate of drug-likeness (QED) is 0.748. The van der Waals surface area contributed by atoms with Gasteiger partial charge in [-0.3, -0.25) is 0 Å². The van der Waals surface area contributed by atoms with Crippen LogP contribution in [0.4, 0.5) is 8.78 Å². The molecule has 0 saturated heterocycles. The third-order valence-corrected chi connectivity index (χ3v) is 2.94. The van der Waals surface area contributed by atoms with Gasteiger partial charge in [0.2, 0.25) is 0 Å². The molecule has 1 saturated carbocycles. The van der Waals surface area contributed by atoms with Gasteiger partial charge in [-0.25, -0.2) is 8.78 Å². The molecule has 1 aliphatic carbocycles. The predicted octanol–water partition coefficient (Wildman–Crippen LogP) is 1.59. The Hall–Kier alpha value is -1.00. The van der Waals surface area contributed by atoms with Crippen LogP contribution >= 0.6 is 0 Å². The molecule has 1 aromatic carbocycles. The van der Waals surface area contributed by atoms with Crippen LogP contribution in [0.1, 0.15) is 18.4 Å². The first-order valence-corrected chi connectivity index (χ1v) is 5.53. The Kier molecular flexibility index (Phi) is 3.21. The molecule has 0 aromatic heterocycles. The third-order valence-electron chi connectivity index (χ3n) is 2.94. The van der Waals surface area contributed by atoms with Crippen LogP contribution in [0.25, 0.3) is 0 Å². The van der Waals surface area contributed by atoms with E-state index >= 15 is 0 Å². The predicted molar refractivity (Wildman–Crippen MR) is 59.1 cm³/mol. The van der Waals surface area contributed by atoms with Crippen LogP contribution in [0.2, 0.25) is 0 Å². The molecular formula is C12H16F2N2. The molecular weight excluding hydrogens is 210 g/mol. The summed E-state index contributed by atoms with van der Waals surface area (Å²) in [4.78, 5) is 0. The van der Waals surface area contributed by atoms with Crippen LogP contribution in [0.15, 0.2) is 18.2 Å². The maximum Gasteiger partial charge on any atom is 0.159 e. The van der Waals surface area contributed by atoms with Crippen LogP contribution in [0, 0.1) is 11.6 Å². The van der Waals surface area contributed by atoms with E-state index < -0.39 is 11.6 Å². The van der Waals surface area contributed by atoms with Gasteiger partial charge in [0.15, 0.2) is 11.6 Å². The topological polar surface area (TPSA) is 38.0 Å². The number of nitrogens with two attached hydrogens (primary N) is 1. The summed E-state index contributed by atoms with van der Waals surface area (Å²) in [6, 6.07) is 4.01. The molecule has 0 aliphatic heterocycles. The second-order valence-corrected chi connectivity index (χ2v) is 4.54. The van der Waals surface area contributed by atoms with E-state index in [2.05, 4.69) is 5.32 Å². The number of nitrogens with one attached hydrogen (secondary N) is 1. The minimum Gasteiger partial charge on any atom is -0.324 e. The first-order chi connectivity index (χ1) is 7.59. The lowest BCUT2D eigenvalue weighted by Crippen LogP contribution is -2.36. The molecule has 0 atom stereocenters. The van der Waals surface area contributed by atoms with E-state index in [0.717, 1.165) is 37.6 Å². The highest BCUT2D eigenvalue weighted by Crippen LogP contribution is 2.30.